The smallest absolute Gasteiger partial charge is 0.126 e. The summed E-state index contributed by atoms with van der Waals surface area (Å²) in [5.74, 6) is -0.564. The summed E-state index contributed by atoms with van der Waals surface area (Å²) in [6.07, 6.45) is 0. The van der Waals surface area contributed by atoms with E-state index in [-0.39, 0.29) is 17.7 Å². The molecular formula is C16H16BrF2N. The summed E-state index contributed by atoms with van der Waals surface area (Å²) in [5.41, 5.74) is 2.15. The van der Waals surface area contributed by atoms with Crippen molar-refractivity contribution in [3.8, 4) is 0 Å². The predicted octanol–water partition coefficient (Wildman–Crippen LogP) is 4.73. The summed E-state index contributed by atoms with van der Waals surface area (Å²) in [4.78, 5) is 0. The van der Waals surface area contributed by atoms with Gasteiger partial charge in [-0.2, -0.15) is 0 Å². The second-order valence-electron chi connectivity index (χ2n) is 4.70. The molecule has 2 aromatic rings. The minimum atomic E-state index is -0.315. The molecule has 106 valence electrons. The molecule has 0 heterocycles. The van der Waals surface area contributed by atoms with Gasteiger partial charge in [-0.05, 0) is 54.4 Å². The number of halogens is 3. The molecule has 0 radical (unpaired) electrons. The average molecular weight is 340 g/mol. The fourth-order valence-electron chi connectivity index (χ4n) is 2.16. The highest BCUT2D eigenvalue weighted by molar-refractivity contribution is 9.10. The Kier molecular flexibility index (Phi) is 4.89. The van der Waals surface area contributed by atoms with Gasteiger partial charge in [0.15, 0.2) is 0 Å². The first-order chi connectivity index (χ1) is 9.51. The predicted molar refractivity (Wildman–Crippen MR) is 80.8 cm³/mol. The molecule has 0 fully saturated rings. The SMILES string of the molecule is CCNC(c1cc(F)cc(Br)c1)c1ccc(C)c(F)c1. The summed E-state index contributed by atoms with van der Waals surface area (Å²) in [5, 5.41) is 3.26. The fourth-order valence-corrected chi connectivity index (χ4v) is 2.65. The van der Waals surface area contributed by atoms with Crippen LogP contribution in [0, 0.1) is 18.6 Å². The van der Waals surface area contributed by atoms with Crippen LogP contribution in [-0.2, 0) is 0 Å². The zero-order valence-corrected chi connectivity index (χ0v) is 13.0. The minimum absolute atomic E-state index is 0.234. The second-order valence-corrected chi connectivity index (χ2v) is 5.62. The molecule has 20 heavy (non-hydrogen) atoms. The van der Waals surface area contributed by atoms with Crippen LogP contribution in [0.15, 0.2) is 40.9 Å². The number of aryl methyl sites for hydroxylation is 1. The van der Waals surface area contributed by atoms with Gasteiger partial charge in [0.25, 0.3) is 0 Å². The number of nitrogens with one attached hydrogen (secondary N) is 1. The molecule has 0 aliphatic heterocycles. The molecule has 0 bridgehead atoms. The quantitative estimate of drug-likeness (QED) is 0.848. The largest absolute Gasteiger partial charge is 0.307 e. The van der Waals surface area contributed by atoms with Crippen LogP contribution in [0.4, 0.5) is 8.78 Å². The van der Waals surface area contributed by atoms with E-state index < -0.39 is 0 Å². The van der Waals surface area contributed by atoms with E-state index in [0.29, 0.717) is 16.6 Å². The first-order valence-electron chi connectivity index (χ1n) is 6.46. The molecule has 0 aliphatic carbocycles. The van der Waals surface area contributed by atoms with Gasteiger partial charge < -0.3 is 5.32 Å². The van der Waals surface area contributed by atoms with Crippen LogP contribution < -0.4 is 5.32 Å². The Morgan fingerprint density at radius 3 is 2.45 bits per heavy atom. The van der Waals surface area contributed by atoms with E-state index in [1.54, 1.807) is 13.0 Å². The third-order valence-corrected chi connectivity index (χ3v) is 3.61. The number of hydrogen-bond acceptors (Lipinski definition) is 1. The molecule has 2 aromatic carbocycles. The molecule has 0 saturated carbocycles. The maximum Gasteiger partial charge on any atom is 0.126 e. The first-order valence-corrected chi connectivity index (χ1v) is 7.26. The number of benzene rings is 2. The lowest BCUT2D eigenvalue weighted by Crippen LogP contribution is -2.22. The van der Waals surface area contributed by atoms with Crippen LogP contribution >= 0.6 is 15.9 Å². The fraction of sp³-hybridized carbons (Fsp3) is 0.250. The highest BCUT2D eigenvalue weighted by Gasteiger charge is 2.15. The average Bonchev–Trinajstić information content (AvgIpc) is 2.38. The zero-order chi connectivity index (χ0) is 14.7. The van der Waals surface area contributed by atoms with Crippen LogP contribution in [0.2, 0.25) is 0 Å². The maximum atomic E-state index is 13.7. The first kappa shape index (κ1) is 15.1. The Morgan fingerprint density at radius 2 is 1.85 bits per heavy atom. The van der Waals surface area contributed by atoms with Crippen molar-refractivity contribution in [3.63, 3.8) is 0 Å². The van der Waals surface area contributed by atoms with Gasteiger partial charge in [0.2, 0.25) is 0 Å². The zero-order valence-electron chi connectivity index (χ0n) is 11.4. The molecular weight excluding hydrogens is 324 g/mol. The highest BCUT2D eigenvalue weighted by atomic mass is 79.9. The van der Waals surface area contributed by atoms with E-state index in [2.05, 4.69) is 21.2 Å². The third-order valence-electron chi connectivity index (χ3n) is 3.16. The molecule has 0 aliphatic rings. The van der Waals surface area contributed by atoms with Crippen molar-refractivity contribution in [1.82, 2.24) is 5.32 Å². The molecule has 1 N–H and O–H groups in total. The van der Waals surface area contributed by atoms with Gasteiger partial charge in [-0.3, -0.25) is 0 Å². The molecule has 1 nitrogen and oxygen atoms in total. The van der Waals surface area contributed by atoms with Crippen LogP contribution in [0.1, 0.15) is 29.7 Å². The molecule has 0 spiro atoms. The normalized spacial score (nSPS) is 12.4. The highest BCUT2D eigenvalue weighted by Crippen LogP contribution is 2.27. The summed E-state index contributed by atoms with van der Waals surface area (Å²) < 4.78 is 28.0. The van der Waals surface area contributed by atoms with Gasteiger partial charge in [0, 0.05) is 4.47 Å². The lowest BCUT2D eigenvalue weighted by Gasteiger charge is -2.20. The summed E-state index contributed by atoms with van der Waals surface area (Å²) >= 11 is 3.29. The molecule has 2 rings (SSSR count). The molecule has 0 aromatic heterocycles. The minimum Gasteiger partial charge on any atom is -0.307 e. The number of hydrogen-bond donors (Lipinski definition) is 1. The number of rotatable bonds is 4. The molecule has 0 saturated heterocycles. The van der Waals surface area contributed by atoms with E-state index in [1.165, 1.54) is 18.2 Å². The van der Waals surface area contributed by atoms with Crippen molar-refractivity contribution in [2.75, 3.05) is 6.54 Å². The van der Waals surface area contributed by atoms with Crippen LogP contribution in [0.3, 0.4) is 0 Å². The van der Waals surface area contributed by atoms with Gasteiger partial charge in [-0.1, -0.05) is 35.0 Å². The molecule has 1 unspecified atom stereocenters. The van der Waals surface area contributed by atoms with Gasteiger partial charge in [-0.25, -0.2) is 8.78 Å². The lowest BCUT2D eigenvalue weighted by atomic mass is 9.97. The van der Waals surface area contributed by atoms with E-state index in [0.717, 1.165) is 11.1 Å². The van der Waals surface area contributed by atoms with Crippen molar-refractivity contribution < 1.29 is 8.78 Å². The van der Waals surface area contributed by atoms with Crippen molar-refractivity contribution >= 4 is 15.9 Å². The van der Waals surface area contributed by atoms with Gasteiger partial charge in [0.05, 0.1) is 6.04 Å². The molecule has 0 amide bonds. The van der Waals surface area contributed by atoms with Gasteiger partial charge in [-0.15, -0.1) is 0 Å². The Hall–Kier alpha value is -1.26. The Balaban J connectivity index is 2.46. The maximum absolute atomic E-state index is 13.7. The molecule has 4 heteroatoms. The van der Waals surface area contributed by atoms with Crippen molar-refractivity contribution in [3.05, 3.63) is 69.2 Å². The van der Waals surface area contributed by atoms with Crippen molar-refractivity contribution in [1.29, 1.82) is 0 Å². The van der Waals surface area contributed by atoms with E-state index in [9.17, 15) is 8.78 Å². The summed E-state index contributed by atoms with van der Waals surface area (Å²) in [7, 11) is 0. The Labute approximate surface area is 126 Å². The monoisotopic (exact) mass is 339 g/mol. The van der Waals surface area contributed by atoms with Gasteiger partial charge >= 0.3 is 0 Å². The summed E-state index contributed by atoms with van der Waals surface area (Å²) in [6.45, 7) is 4.39. The van der Waals surface area contributed by atoms with Crippen LogP contribution in [0.25, 0.3) is 0 Å². The van der Waals surface area contributed by atoms with E-state index in [4.69, 9.17) is 0 Å². The van der Waals surface area contributed by atoms with Crippen LogP contribution in [-0.4, -0.2) is 6.54 Å². The lowest BCUT2D eigenvalue weighted by molar-refractivity contribution is 0.589. The van der Waals surface area contributed by atoms with Crippen molar-refractivity contribution in [2.45, 2.75) is 19.9 Å². The molecule has 1 atom stereocenters. The third kappa shape index (κ3) is 3.44. The Morgan fingerprint density at radius 1 is 1.10 bits per heavy atom. The van der Waals surface area contributed by atoms with E-state index in [1.807, 2.05) is 19.1 Å². The summed E-state index contributed by atoms with van der Waals surface area (Å²) in [6, 6.07) is 9.59. The standard InChI is InChI=1S/C16H16BrF2N/c1-3-20-16(11-5-4-10(2)15(19)8-11)12-6-13(17)9-14(18)7-12/h4-9,16,20H,3H2,1-2H3. The van der Waals surface area contributed by atoms with Crippen LogP contribution in [0.5, 0.6) is 0 Å². The van der Waals surface area contributed by atoms with Gasteiger partial charge in [0.1, 0.15) is 11.6 Å². The van der Waals surface area contributed by atoms with Crippen molar-refractivity contribution in [2.24, 2.45) is 0 Å². The second kappa shape index (κ2) is 6.46. The Bertz CT molecular complexity index is 593. The van der Waals surface area contributed by atoms with E-state index >= 15 is 0 Å². The topological polar surface area (TPSA) is 12.0 Å².